The van der Waals surface area contributed by atoms with Crippen LogP contribution in [0.1, 0.15) is 11.9 Å². The number of alkyl halides is 2. The Morgan fingerprint density at radius 3 is 2.92 bits per heavy atom. The minimum absolute atomic E-state index is 0.161. The number of ether oxygens (including phenoxy) is 1. The fraction of sp³-hybridized carbons (Fsp3) is 0.333. The third-order valence-corrected chi connectivity index (χ3v) is 1.85. The van der Waals surface area contributed by atoms with Crippen molar-refractivity contribution in [3.8, 4) is 0 Å². The zero-order valence-electron chi connectivity index (χ0n) is 6.74. The van der Waals surface area contributed by atoms with Gasteiger partial charge in [0.1, 0.15) is 5.76 Å². The lowest BCUT2D eigenvalue weighted by Crippen LogP contribution is -2.29. The van der Waals surface area contributed by atoms with Crippen LogP contribution < -0.4 is 0 Å². The van der Waals surface area contributed by atoms with Crippen molar-refractivity contribution in [3.05, 3.63) is 36.3 Å². The lowest BCUT2D eigenvalue weighted by atomic mass is 10.1. The van der Waals surface area contributed by atoms with Gasteiger partial charge in [0, 0.05) is 0 Å². The van der Waals surface area contributed by atoms with Crippen molar-refractivity contribution in [2.75, 3.05) is 6.61 Å². The average Bonchev–Trinajstić information content (AvgIpc) is 2.55. The first-order valence-electron chi connectivity index (χ1n) is 3.91. The van der Waals surface area contributed by atoms with E-state index in [0.717, 1.165) is 6.08 Å². The lowest BCUT2D eigenvalue weighted by Gasteiger charge is -2.25. The van der Waals surface area contributed by atoms with Gasteiger partial charge in [-0.2, -0.15) is 8.78 Å². The van der Waals surface area contributed by atoms with Gasteiger partial charge in [0.25, 0.3) is 5.92 Å². The molecule has 2 nitrogen and oxygen atoms in total. The first-order valence-corrected chi connectivity index (χ1v) is 3.91. The zero-order chi connectivity index (χ0) is 9.31. The Morgan fingerprint density at radius 2 is 2.31 bits per heavy atom. The van der Waals surface area contributed by atoms with Crippen molar-refractivity contribution in [2.24, 2.45) is 0 Å². The quantitative estimate of drug-likeness (QED) is 0.629. The van der Waals surface area contributed by atoms with Gasteiger partial charge in [-0.3, -0.25) is 0 Å². The monoisotopic (exact) mass is 186 g/mol. The molecule has 1 aromatic rings. The molecule has 1 aromatic heterocycles. The summed E-state index contributed by atoms with van der Waals surface area (Å²) in [4.78, 5) is 0. The fourth-order valence-corrected chi connectivity index (χ4v) is 1.27. The number of furan rings is 1. The van der Waals surface area contributed by atoms with Crippen LogP contribution in [0.15, 0.2) is 35.0 Å². The molecule has 1 aliphatic heterocycles. The van der Waals surface area contributed by atoms with Crippen molar-refractivity contribution in [3.63, 3.8) is 0 Å². The Bertz CT molecular complexity index is 303. The first kappa shape index (κ1) is 8.44. The van der Waals surface area contributed by atoms with Gasteiger partial charge in [-0.05, 0) is 18.2 Å². The molecule has 0 N–H and O–H groups in total. The Hall–Kier alpha value is -1.16. The maximum Gasteiger partial charge on any atom is 0.299 e. The van der Waals surface area contributed by atoms with Crippen molar-refractivity contribution in [2.45, 2.75) is 12.0 Å². The molecule has 70 valence electrons. The predicted molar refractivity (Wildman–Crippen MR) is 41.5 cm³/mol. The van der Waals surface area contributed by atoms with Crippen molar-refractivity contribution in [1.29, 1.82) is 0 Å². The fourth-order valence-electron chi connectivity index (χ4n) is 1.27. The summed E-state index contributed by atoms with van der Waals surface area (Å²) in [6.45, 7) is 0.195. The van der Waals surface area contributed by atoms with E-state index in [0.29, 0.717) is 0 Å². The Morgan fingerprint density at radius 1 is 1.46 bits per heavy atom. The number of rotatable bonds is 1. The SMILES string of the molecule is FC1(F)C=CCOC1c1ccco1. The van der Waals surface area contributed by atoms with Crippen LogP contribution in [0.5, 0.6) is 0 Å². The molecule has 0 aliphatic carbocycles. The molecule has 13 heavy (non-hydrogen) atoms. The standard InChI is InChI=1S/C9H8F2O2/c10-9(11)4-2-6-13-8(9)7-3-1-5-12-7/h1-5,8H,6H2. The maximum absolute atomic E-state index is 13.2. The van der Waals surface area contributed by atoms with E-state index < -0.39 is 12.0 Å². The highest BCUT2D eigenvalue weighted by Gasteiger charge is 2.42. The highest BCUT2D eigenvalue weighted by Crippen LogP contribution is 2.37. The van der Waals surface area contributed by atoms with E-state index in [2.05, 4.69) is 0 Å². The summed E-state index contributed by atoms with van der Waals surface area (Å²) in [7, 11) is 0. The summed E-state index contributed by atoms with van der Waals surface area (Å²) < 4.78 is 36.1. The van der Waals surface area contributed by atoms with Gasteiger partial charge in [-0.25, -0.2) is 0 Å². The predicted octanol–water partition coefficient (Wildman–Crippen LogP) is 2.54. The summed E-state index contributed by atoms with van der Waals surface area (Å²) in [6, 6.07) is 3.05. The van der Waals surface area contributed by atoms with Gasteiger partial charge >= 0.3 is 0 Å². The summed E-state index contributed by atoms with van der Waals surface area (Å²) >= 11 is 0. The van der Waals surface area contributed by atoms with Crippen LogP contribution in [0.25, 0.3) is 0 Å². The van der Waals surface area contributed by atoms with Gasteiger partial charge in [-0.15, -0.1) is 0 Å². The molecular weight excluding hydrogens is 178 g/mol. The van der Waals surface area contributed by atoms with Crippen LogP contribution in [-0.4, -0.2) is 12.5 Å². The minimum Gasteiger partial charge on any atom is -0.466 e. The summed E-state index contributed by atoms with van der Waals surface area (Å²) in [5, 5.41) is 0. The largest absolute Gasteiger partial charge is 0.466 e. The van der Waals surface area contributed by atoms with E-state index in [4.69, 9.17) is 9.15 Å². The van der Waals surface area contributed by atoms with Crippen LogP contribution >= 0.6 is 0 Å². The average molecular weight is 186 g/mol. The molecule has 1 unspecified atom stereocenters. The minimum atomic E-state index is -2.98. The molecule has 0 amide bonds. The van der Waals surface area contributed by atoms with E-state index in [-0.39, 0.29) is 12.4 Å². The second-order valence-corrected chi connectivity index (χ2v) is 2.81. The molecule has 2 rings (SSSR count). The molecule has 1 atom stereocenters. The van der Waals surface area contributed by atoms with Gasteiger partial charge in [0.15, 0.2) is 6.10 Å². The third-order valence-electron chi connectivity index (χ3n) is 1.85. The van der Waals surface area contributed by atoms with Crippen molar-refractivity contribution >= 4 is 0 Å². The highest BCUT2D eigenvalue weighted by atomic mass is 19.3. The van der Waals surface area contributed by atoms with Crippen LogP contribution in [0.4, 0.5) is 8.78 Å². The van der Waals surface area contributed by atoms with Crippen LogP contribution in [-0.2, 0) is 4.74 Å². The summed E-state index contributed by atoms with van der Waals surface area (Å²) in [5.74, 6) is -2.81. The maximum atomic E-state index is 13.2. The second kappa shape index (κ2) is 2.96. The smallest absolute Gasteiger partial charge is 0.299 e. The van der Waals surface area contributed by atoms with Crippen molar-refractivity contribution < 1.29 is 17.9 Å². The molecule has 1 aliphatic rings. The van der Waals surface area contributed by atoms with Gasteiger partial charge in [0.2, 0.25) is 0 Å². The van der Waals surface area contributed by atoms with E-state index in [9.17, 15) is 8.78 Å². The lowest BCUT2D eigenvalue weighted by molar-refractivity contribution is -0.120. The summed E-state index contributed by atoms with van der Waals surface area (Å²) in [5.41, 5.74) is 0. The second-order valence-electron chi connectivity index (χ2n) is 2.81. The molecule has 0 saturated heterocycles. The van der Waals surface area contributed by atoms with Gasteiger partial charge in [0.05, 0.1) is 12.9 Å². The molecule has 0 aromatic carbocycles. The molecule has 0 radical (unpaired) electrons. The Balaban J connectivity index is 2.29. The Labute approximate surface area is 73.8 Å². The highest BCUT2D eigenvalue weighted by molar-refractivity contribution is 5.13. The van der Waals surface area contributed by atoms with E-state index in [1.165, 1.54) is 18.4 Å². The molecule has 0 fully saturated rings. The number of halogens is 2. The molecule has 0 saturated carbocycles. The third kappa shape index (κ3) is 1.49. The van der Waals surface area contributed by atoms with Gasteiger partial charge < -0.3 is 9.15 Å². The molecular formula is C9H8F2O2. The van der Waals surface area contributed by atoms with Crippen LogP contribution in [0.2, 0.25) is 0 Å². The molecule has 0 spiro atoms. The first-order chi connectivity index (χ1) is 6.20. The van der Waals surface area contributed by atoms with Crippen LogP contribution in [0.3, 0.4) is 0 Å². The summed E-state index contributed by atoms with van der Waals surface area (Å²) in [6.07, 6.45) is 2.23. The molecule has 4 heteroatoms. The van der Waals surface area contributed by atoms with Crippen LogP contribution in [0, 0.1) is 0 Å². The van der Waals surface area contributed by atoms with E-state index in [1.54, 1.807) is 6.07 Å². The Kier molecular flexibility index (Phi) is 1.92. The number of hydrogen-bond acceptors (Lipinski definition) is 2. The van der Waals surface area contributed by atoms with E-state index in [1.807, 2.05) is 0 Å². The van der Waals surface area contributed by atoms with Gasteiger partial charge in [-0.1, -0.05) is 6.08 Å². The number of hydrogen-bond donors (Lipinski definition) is 0. The topological polar surface area (TPSA) is 22.4 Å². The normalized spacial score (nSPS) is 26.2. The zero-order valence-corrected chi connectivity index (χ0v) is 6.74. The molecule has 0 bridgehead atoms. The van der Waals surface area contributed by atoms with Crippen molar-refractivity contribution in [1.82, 2.24) is 0 Å². The van der Waals surface area contributed by atoms with E-state index >= 15 is 0 Å². The molecule has 2 heterocycles.